The van der Waals surface area contributed by atoms with Crippen molar-refractivity contribution in [3.63, 3.8) is 0 Å². The van der Waals surface area contributed by atoms with E-state index in [9.17, 15) is 9.59 Å². The van der Waals surface area contributed by atoms with Crippen LogP contribution in [0, 0.1) is 9.52 Å². The Morgan fingerprint density at radius 1 is 1.11 bits per heavy atom. The number of nitrogens with one attached hydrogen (secondary N) is 2. The fraction of sp³-hybridized carbons (Fsp3) is 0.478. The van der Waals surface area contributed by atoms with E-state index in [1.54, 1.807) is 53.0 Å². The van der Waals surface area contributed by atoms with Crippen molar-refractivity contribution in [3.05, 3.63) is 44.3 Å². The molecule has 2 aromatic rings. The van der Waals surface area contributed by atoms with Crippen molar-refractivity contribution in [3.8, 4) is 0 Å². The number of imidazole rings is 1. The number of hydrogen-bond donors (Lipinski definition) is 2. The van der Waals surface area contributed by atoms with Gasteiger partial charge in [0.25, 0.3) is 0 Å². The van der Waals surface area contributed by atoms with E-state index < -0.39 is 34.7 Å². The number of alkyl carbamates (subject to hydrolysis) is 1. The van der Waals surface area contributed by atoms with Crippen LogP contribution in [0.5, 0.6) is 0 Å². The summed E-state index contributed by atoms with van der Waals surface area (Å²) in [5.41, 5.74) is -2.09. The number of fused-ring (bicyclic) bond motifs is 1. The number of aliphatic imine (C=N–C) groups is 1. The van der Waals surface area contributed by atoms with Crippen molar-refractivity contribution < 1.29 is 23.5 Å². The van der Waals surface area contributed by atoms with E-state index in [0.717, 1.165) is 0 Å². The van der Waals surface area contributed by atoms with Crippen molar-refractivity contribution in [2.24, 2.45) is 4.99 Å². The van der Waals surface area contributed by atoms with Crippen LogP contribution in [0.1, 0.15) is 59.9 Å². The molecule has 0 bridgehead atoms. The number of halogens is 3. The van der Waals surface area contributed by atoms with Crippen LogP contribution in [-0.2, 0) is 21.6 Å². The molecular formula is C23H28ClFIN5O4. The minimum Gasteiger partial charge on any atom is -0.444 e. The molecule has 0 fully saturated rings. The molecule has 1 aromatic heterocycles. The maximum absolute atomic E-state index is 15.1. The van der Waals surface area contributed by atoms with E-state index in [2.05, 4.69) is 20.6 Å². The first kappa shape index (κ1) is 27.2. The molecule has 0 spiro atoms. The average Bonchev–Trinajstić information content (AvgIpc) is 2.95. The Morgan fingerprint density at radius 2 is 1.69 bits per heavy atom. The van der Waals surface area contributed by atoms with Gasteiger partial charge < -0.3 is 14.0 Å². The molecule has 0 radical (unpaired) electrons. The van der Waals surface area contributed by atoms with Gasteiger partial charge in [0.05, 0.1) is 6.54 Å². The second-order valence-electron chi connectivity index (χ2n) is 10.3. The second-order valence-corrected chi connectivity index (χ2v) is 11.7. The molecule has 0 unspecified atom stereocenters. The number of anilines is 1. The molecule has 0 saturated heterocycles. The van der Waals surface area contributed by atoms with Gasteiger partial charge in [0.15, 0.2) is 16.8 Å². The van der Waals surface area contributed by atoms with Crippen LogP contribution in [-0.4, -0.2) is 38.8 Å². The molecule has 1 aliphatic rings. The van der Waals surface area contributed by atoms with Crippen LogP contribution in [0.2, 0.25) is 5.15 Å². The predicted molar refractivity (Wildman–Crippen MR) is 139 cm³/mol. The number of carbonyl (C=O) groups excluding carboxylic acids is 2. The quantitative estimate of drug-likeness (QED) is 0.412. The summed E-state index contributed by atoms with van der Waals surface area (Å²) in [6.45, 7) is 12.3. The van der Waals surface area contributed by atoms with Gasteiger partial charge in [0.1, 0.15) is 26.3 Å². The Hall–Kier alpha value is -2.41. The standard InChI is InChI=1S/C23H28ClFIN5O4/c1-21(2,3)34-19(32)27-12-8-9-14(25)13(10-12)23(7)11-31-16(26)15(24)28-18(31)17(30-23)29-20(33)35-22(4,5)6/h8-10H,11H2,1-7H3,(H,27,32)(H,29,30,33)/t23-/m0/s1. The highest BCUT2D eigenvalue weighted by molar-refractivity contribution is 14.1. The number of amides is 2. The Kier molecular flexibility index (Phi) is 7.43. The molecule has 2 amide bonds. The molecule has 2 heterocycles. The summed E-state index contributed by atoms with van der Waals surface area (Å²) < 4.78 is 28.1. The maximum atomic E-state index is 15.1. The maximum Gasteiger partial charge on any atom is 0.413 e. The van der Waals surface area contributed by atoms with Gasteiger partial charge in [-0.05, 0) is 89.3 Å². The molecule has 2 N–H and O–H groups in total. The third kappa shape index (κ3) is 6.63. The molecular weight excluding hydrogens is 592 g/mol. The zero-order chi connectivity index (χ0) is 26.3. The van der Waals surface area contributed by atoms with E-state index in [4.69, 9.17) is 21.1 Å². The van der Waals surface area contributed by atoms with Crippen molar-refractivity contribution in [1.82, 2.24) is 14.9 Å². The highest BCUT2D eigenvalue weighted by atomic mass is 127. The molecule has 0 saturated carbocycles. The molecule has 1 aliphatic heterocycles. The third-order valence-electron chi connectivity index (χ3n) is 4.71. The van der Waals surface area contributed by atoms with Gasteiger partial charge in [-0.3, -0.25) is 15.6 Å². The lowest BCUT2D eigenvalue weighted by Gasteiger charge is -2.33. The summed E-state index contributed by atoms with van der Waals surface area (Å²) in [5, 5.41) is 5.47. The molecule has 0 aliphatic carbocycles. The number of benzene rings is 1. The normalized spacial score (nSPS) is 17.8. The van der Waals surface area contributed by atoms with Gasteiger partial charge in [-0.1, -0.05) is 11.6 Å². The predicted octanol–water partition coefficient (Wildman–Crippen LogP) is 5.83. The minimum absolute atomic E-state index is 0.0859. The molecule has 3 rings (SSSR count). The van der Waals surface area contributed by atoms with Crippen molar-refractivity contribution in [1.29, 1.82) is 0 Å². The summed E-state index contributed by atoms with van der Waals surface area (Å²) in [4.78, 5) is 33.7. The van der Waals surface area contributed by atoms with E-state index in [1.165, 1.54) is 18.2 Å². The highest BCUT2D eigenvalue weighted by Crippen LogP contribution is 2.37. The lowest BCUT2D eigenvalue weighted by molar-refractivity contribution is 0.0560. The van der Waals surface area contributed by atoms with Crippen molar-refractivity contribution in [2.75, 3.05) is 5.32 Å². The lowest BCUT2D eigenvalue weighted by atomic mass is 9.90. The van der Waals surface area contributed by atoms with E-state index in [1.807, 2.05) is 22.6 Å². The molecule has 1 aromatic carbocycles. The Bertz CT molecular complexity index is 1200. The first-order valence-electron chi connectivity index (χ1n) is 10.8. The van der Waals surface area contributed by atoms with Crippen LogP contribution in [0.15, 0.2) is 23.2 Å². The number of aromatic nitrogens is 2. The molecule has 12 heteroatoms. The zero-order valence-electron chi connectivity index (χ0n) is 20.5. The van der Waals surface area contributed by atoms with Crippen LogP contribution >= 0.6 is 34.2 Å². The smallest absolute Gasteiger partial charge is 0.413 e. The van der Waals surface area contributed by atoms with Crippen LogP contribution in [0.25, 0.3) is 0 Å². The second kappa shape index (κ2) is 9.57. The summed E-state index contributed by atoms with van der Waals surface area (Å²) >= 11 is 8.29. The molecule has 1 atom stereocenters. The number of amidine groups is 1. The van der Waals surface area contributed by atoms with Crippen molar-refractivity contribution in [2.45, 2.75) is 71.8 Å². The first-order chi connectivity index (χ1) is 16.0. The summed E-state index contributed by atoms with van der Waals surface area (Å²) in [6, 6.07) is 4.16. The molecule has 190 valence electrons. The largest absolute Gasteiger partial charge is 0.444 e. The minimum atomic E-state index is -1.18. The van der Waals surface area contributed by atoms with Gasteiger partial charge in [-0.25, -0.2) is 19.0 Å². The molecule has 9 nitrogen and oxygen atoms in total. The van der Waals surface area contributed by atoms with Gasteiger partial charge in [-0.15, -0.1) is 0 Å². The monoisotopic (exact) mass is 619 g/mol. The lowest BCUT2D eigenvalue weighted by Crippen LogP contribution is -2.44. The van der Waals surface area contributed by atoms with Crippen LogP contribution < -0.4 is 10.6 Å². The first-order valence-corrected chi connectivity index (χ1v) is 12.2. The summed E-state index contributed by atoms with van der Waals surface area (Å²) in [5.74, 6) is -0.124. The summed E-state index contributed by atoms with van der Waals surface area (Å²) in [7, 11) is 0. The average molecular weight is 620 g/mol. The number of hydrogen-bond acceptors (Lipinski definition) is 6. The van der Waals surface area contributed by atoms with Crippen LogP contribution in [0.3, 0.4) is 0 Å². The van der Waals surface area contributed by atoms with Gasteiger partial charge in [-0.2, -0.15) is 0 Å². The molecule has 35 heavy (non-hydrogen) atoms. The Morgan fingerprint density at radius 3 is 2.26 bits per heavy atom. The topological polar surface area (TPSA) is 107 Å². The zero-order valence-corrected chi connectivity index (χ0v) is 23.5. The number of carbonyl (C=O) groups is 2. The third-order valence-corrected chi connectivity index (χ3v) is 6.39. The Labute approximate surface area is 222 Å². The SMILES string of the molecule is CC(C)(C)OC(=O)NC1=N[C@](C)(c2cc(NC(=O)OC(C)(C)C)ccc2F)Cn2c1nc(Cl)c2I. The van der Waals surface area contributed by atoms with Gasteiger partial charge >= 0.3 is 12.2 Å². The fourth-order valence-corrected chi connectivity index (χ4v) is 4.14. The van der Waals surface area contributed by atoms with E-state index >= 15 is 4.39 Å². The highest BCUT2D eigenvalue weighted by Gasteiger charge is 2.38. The summed E-state index contributed by atoms with van der Waals surface area (Å²) in [6.07, 6.45) is -1.40. The van der Waals surface area contributed by atoms with Gasteiger partial charge in [0.2, 0.25) is 0 Å². The van der Waals surface area contributed by atoms with Crippen LogP contribution in [0.4, 0.5) is 19.7 Å². The van der Waals surface area contributed by atoms with Crippen molar-refractivity contribution >= 4 is 57.9 Å². The van der Waals surface area contributed by atoms with E-state index in [-0.39, 0.29) is 23.1 Å². The van der Waals surface area contributed by atoms with E-state index in [0.29, 0.717) is 15.2 Å². The number of nitrogens with zero attached hydrogens (tertiary/aromatic N) is 3. The Balaban J connectivity index is 2.02. The fourth-order valence-electron chi connectivity index (χ4n) is 3.44. The number of ether oxygens (including phenoxy) is 2. The number of rotatable bonds is 2. The van der Waals surface area contributed by atoms with Gasteiger partial charge in [0, 0.05) is 11.3 Å².